The molecule has 7 heteroatoms. The Morgan fingerprint density at radius 1 is 1.31 bits per heavy atom. The fraction of sp³-hybridized carbons (Fsp3) is 0.409. The molecule has 0 bridgehead atoms. The van der Waals surface area contributed by atoms with Gasteiger partial charge in [0.15, 0.2) is 5.89 Å². The number of carbonyl (C=O) groups excluding carboxylic acids is 1. The van der Waals surface area contributed by atoms with Gasteiger partial charge in [-0.3, -0.25) is 4.79 Å². The van der Waals surface area contributed by atoms with Gasteiger partial charge in [0.1, 0.15) is 5.76 Å². The maximum atomic E-state index is 12.8. The zero-order chi connectivity index (χ0) is 20.4. The molecule has 0 N–H and O–H groups in total. The Morgan fingerprint density at radius 3 is 2.83 bits per heavy atom. The Labute approximate surface area is 179 Å². The molecule has 0 radical (unpaired) electrons. The van der Waals surface area contributed by atoms with E-state index in [4.69, 9.17) is 16.0 Å². The summed E-state index contributed by atoms with van der Waals surface area (Å²) in [4.78, 5) is 24.8. The summed E-state index contributed by atoms with van der Waals surface area (Å²) >= 11 is 7.56. The lowest BCUT2D eigenvalue weighted by molar-refractivity contribution is -0.131. The highest BCUT2D eigenvalue weighted by atomic mass is 35.5. The molecule has 0 unspecified atom stereocenters. The summed E-state index contributed by atoms with van der Waals surface area (Å²) in [6.07, 6.45) is 4.87. The molecule has 0 aliphatic carbocycles. The Kier molecular flexibility index (Phi) is 6.01. The quantitative estimate of drug-likeness (QED) is 0.576. The topological polar surface area (TPSA) is 59.2 Å². The highest BCUT2D eigenvalue weighted by Gasteiger charge is 2.28. The third kappa shape index (κ3) is 4.87. The molecule has 1 aliphatic heterocycles. The highest BCUT2D eigenvalue weighted by Crippen LogP contribution is 2.28. The molecule has 0 saturated carbocycles. The number of halogens is 1. The van der Waals surface area contributed by atoms with Crippen LogP contribution in [-0.2, 0) is 17.6 Å². The number of rotatable bonds is 5. The van der Waals surface area contributed by atoms with Crippen LogP contribution < -0.4 is 0 Å². The van der Waals surface area contributed by atoms with Gasteiger partial charge in [-0.25, -0.2) is 9.97 Å². The summed E-state index contributed by atoms with van der Waals surface area (Å²) in [5.41, 5.74) is 2.10. The van der Waals surface area contributed by atoms with Crippen LogP contribution in [0, 0.1) is 13.8 Å². The van der Waals surface area contributed by atoms with Gasteiger partial charge in [-0.15, -0.1) is 11.3 Å². The highest BCUT2D eigenvalue weighted by molar-refractivity contribution is 7.11. The summed E-state index contributed by atoms with van der Waals surface area (Å²) in [7, 11) is 0. The first-order valence-corrected chi connectivity index (χ1v) is 11.1. The molecule has 1 fully saturated rings. The number of carbonyl (C=O) groups is 1. The summed E-state index contributed by atoms with van der Waals surface area (Å²) in [6.45, 7) is 5.41. The van der Waals surface area contributed by atoms with E-state index in [-0.39, 0.29) is 11.8 Å². The maximum absolute atomic E-state index is 12.8. The van der Waals surface area contributed by atoms with Gasteiger partial charge in [0.2, 0.25) is 5.91 Å². The third-order valence-corrected chi connectivity index (χ3v) is 6.62. The number of thiazole rings is 1. The van der Waals surface area contributed by atoms with Crippen LogP contribution in [-0.4, -0.2) is 33.9 Å². The van der Waals surface area contributed by atoms with E-state index < -0.39 is 0 Å². The van der Waals surface area contributed by atoms with Gasteiger partial charge >= 0.3 is 0 Å². The van der Waals surface area contributed by atoms with Crippen molar-refractivity contribution < 1.29 is 9.21 Å². The summed E-state index contributed by atoms with van der Waals surface area (Å²) < 4.78 is 6.04. The predicted molar refractivity (Wildman–Crippen MR) is 115 cm³/mol. The van der Waals surface area contributed by atoms with E-state index in [9.17, 15) is 4.79 Å². The van der Waals surface area contributed by atoms with Crippen LogP contribution >= 0.6 is 22.9 Å². The van der Waals surface area contributed by atoms with Crippen molar-refractivity contribution in [3.05, 3.63) is 68.3 Å². The van der Waals surface area contributed by atoms with E-state index >= 15 is 0 Å². The van der Waals surface area contributed by atoms with Gasteiger partial charge in [0, 0.05) is 29.4 Å². The average molecular weight is 430 g/mol. The number of hydrogen-bond acceptors (Lipinski definition) is 5. The van der Waals surface area contributed by atoms with E-state index in [1.165, 1.54) is 0 Å². The lowest BCUT2D eigenvalue weighted by Gasteiger charge is -2.31. The minimum absolute atomic E-state index is 0.149. The van der Waals surface area contributed by atoms with Crippen LogP contribution in [0.2, 0.25) is 5.02 Å². The van der Waals surface area contributed by atoms with Crippen molar-refractivity contribution in [3.63, 3.8) is 0 Å². The van der Waals surface area contributed by atoms with Crippen LogP contribution in [0.25, 0.3) is 0 Å². The molecule has 3 aromatic rings. The molecule has 4 rings (SSSR count). The maximum Gasteiger partial charge on any atom is 0.227 e. The summed E-state index contributed by atoms with van der Waals surface area (Å²) in [5.74, 6) is 1.88. The molecule has 1 amide bonds. The van der Waals surface area contributed by atoms with Crippen molar-refractivity contribution >= 4 is 28.8 Å². The fourth-order valence-corrected chi connectivity index (χ4v) is 4.84. The second-order valence-electron chi connectivity index (χ2n) is 7.57. The van der Waals surface area contributed by atoms with Crippen LogP contribution in [0.1, 0.15) is 51.6 Å². The number of oxazole rings is 1. The van der Waals surface area contributed by atoms with Gasteiger partial charge in [0.25, 0.3) is 0 Å². The number of nitrogens with zero attached hydrogens (tertiary/aromatic N) is 3. The first kappa shape index (κ1) is 20.1. The van der Waals surface area contributed by atoms with Crippen molar-refractivity contribution in [1.29, 1.82) is 0 Å². The summed E-state index contributed by atoms with van der Waals surface area (Å²) in [5, 5.41) is 1.73. The minimum Gasteiger partial charge on any atom is -0.445 e. The molecular formula is C22H24ClN3O2S. The van der Waals surface area contributed by atoms with Crippen molar-refractivity contribution in [2.45, 2.75) is 45.4 Å². The Morgan fingerprint density at radius 2 is 2.10 bits per heavy atom. The Bertz CT molecular complexity index is 996. The van der Waals surface area contributed by atoms with E-state index in [0.717, 1.165) is 57.2 Å². The second-order valence-corrected chi connectivity index (χ2v) is 9.29. The van der Waals surface area contributed by atoms with Gasteiger partial charge in [0.05, 0.1) is 29.2 Å². The van der Waals surface area contributed by atoms with Crippen LogP contribution in [0.4, 0.5) is 0 Å². The Balaban J connectivity index is 1.39. The molecule has 1 aromatic carbocycles. The average Bonchev–Trinajstić information content (AvgIpc) is 3.30. The molecule has 152 valence electrons. The van der Waals surface area contributed by atoms with Gasteiger partial charge in [-0.1, -0.05) is 23.7 Å². The van der Waals surface area contributed by atoms with Crippen molar-refractivity contribution in [2.24, 2.45) is 0 Å². The zero-order valence-electron chi connectivity index (χ0n) is 16.7. The normalized spacial score (nSPS) is 16.9. The van der Waals surface area contributed by atoms with Crippen molar-refractivity contribution in [3.8, 4) is 0 Å². The number of likely N-dealkylation sites (tertiary alicyclic amines) is 1. The molecular weight excluding hydrogens is 406 g/mol. The van der Waals surface area contributed by atoms with Gasteiger partial charge < -0.3 is 9.32 Å². The van der Waals surface area contributed by atoms with Crippen LogP contribution in [0.5, 0.6) is 0 Å². The predicted octanol–water partition coefficient (Wildman–Crippen LogP) is 4.94. The van der Waals surface area contributed by atoms with E-state index in [1.807, 2.05) is 43.0 Å². The van der Waals surface area contributed by atoms with Crippen LogP contribution in [0.3, 0.4) is 0 Å². The van der Waals surface area contributed by atoms with Crippen molar-refractivity contribution in [2.75, 3.05) is 13.1 Å². The van der Waals surface area contributed by atoms with Crippen LogP contribution in [0.15, 0.2) is 34.9 Å². The molecule has 0 spiro atoms. The van der Waals surface area contributed by atoms with Gasteiger partial charge in [-0.05, 0) is 44.4 Å². The van der Waals surface area contributed by atoms with E-state index in [0.29, 0.717) is 19.4 Å². The second kappa shape index (κ2) is 8.67. The number of benzene rings is 1. The van der Waals surface area contributed by atoms with E-state index in [1.54, 1.807) is 17.5 Å². The first-order chi connectivity index (χ1) is 14.0. The third-order valence-electron chi connectivity index (χ3n) is 5.30. The Hall–Kier alpha value is -2.18. The largest absolute Gasteiger partial charge is 0.445 e. The monoisotopic (exact) mass is 429 g/mol. The number of amides is 1. The zero-order valence-corrected chi connectivity index (χ0v) is 18.2. The molecule has 5 nitrogen and oxygen atoms in total. The number of aromatic nitrogens is 2. The van der Waals surface area contributed by atoms with E-state index in [2.05, 4.69) is 9.97 Å². The molecule has 3 heterocycles. The van der Waals surface area contributed by atoms with Gasteiger partial charge in [-0.2, -0.15) is 0 Å². The molecule has 1 aliphatic rings. The first-order valence-electron chi connectivity index (χ1n) is 9.87. The summed E-state index contributed by atoms with van der Waals surface area (Å²) in [6, 6.07) is 7.75. The fourth-order valence-electron chi connectivity index (χ4n) is 3.79. The number of hydrogen-bond donors (Lipinski definition) is 0. The lowest BCUT2D eigenvalue weighted by atomic mass is 9.97. The SMILES string of the molecule is Cc1nc(C)c(CC(=O)N2CCC[C@@H](c3ncc(Cc4ccc(Cl)cc4)o3)C2)s1. The minimum atomic E-state index is 0.149. The smallest absolute Gasteiger partial charge is 0.227 e. The molecule has 1 saturated heterocycles. The standard InChI is InChI=1S/C22H24ClN3O2S/c1-14-20(29-15(2)25-14)11-21(27)26-9-3-4-17(13-26)22-24-12-19(28-22)10-16-5-7-18(23)8-6-16/h5-8,12,17H,3-4,9-11,13H2,1-2H3/t17-/m1/s1. The molecule has 1 atom stereocenters. The lowest BCUT2D eigenvalue weighted by Crippen LogP contribution is -2.40. The van der Waals surface area contributed by atoms with Crippen molar-refractivity contribution in [1.82, 2.24) is 14.9 Å². The molecule has 2 aromatic heterocycles. The number of aryl methyl sites for hydroxylation is 2. The number of piperidine rings is 1. The molecule has 29 heavy (non-hydrogen) atoms.